The normalized spacial score (nSPS) is 24.9. The first-order valence-corrected chi connectivity index (χ1v) is 4.89. The van der Waals surface area contributed by atoms with Crippen molar-refractivity contribution in [3.05, 3.63) is 0 Å². The fourth-order valence-corrected chi connectivity index (χ4v) is 1.65. The van der Waals surface area contributed by atoms with Crippen LogP contribution in [0.15, 0.2) is 0 Å². The summed E-state index contributed by atoms with van der Waals surface area (Å²) < 4.78 is 10.5. The third-order valence-electron chi connectivity index (χ3n) is 2.43. The Kier molecular flexibility index (Phi) is 5.31. The molecule has 1 rings (SSSR count). The molecule has 0 spiro atoms. The highest BCUT2D eigenvalue weighted by Gasteiger charge is 2.21. The summed E-state index contributed by atoms with van der Waals surface area (Å²) in [6.45, 7) is 5.18. The van der Waals surface area contributed by atoms with E-state index >= 15 is 0 Å². The van der Waals surface area contributed by atoms with E-state index in [1.165, 1.54) is 0 Å². The van der Waals surface area contributed by atoms with Gasteiger partial charge in [-0.2, -0.15) is 0 Å². The zero-order chi connectivity index (χ0) is 9.52. The van der Waals surface area contributed by atoms with E-state index in [0.29, 0.717) is 6.04 Å². The van der Waals surface area contributed by atoms with Crippen molar-refractivity contribution in [3.8, 4) is 0 Å². The maximum Gasteiger partial charge on any atom is 0.0623 e. The first-order chi connectivity index (χ1) is 6.38. The lowest BCUT2D eigenvalue weighted by Crippen LogP contribution is -2.47. The van der Waals surface area contributed by atoms with Gasteiger partial charge in [-0.15, -0.1) is 0 Å². The molecule has 0 aromatic rings. The number of ether oxygens (including phenoxy) is 2. The van der Waals surface area contributed by atoms with Gasteiger partial charge in [0.15, 0.2) is 0 Å². The summed E-state index contributed by atoms with van der Waals surface area (Å²) in [5.41, 5.74) is 5.54. The Balaban J connectivity index is 2.28. The van der Waals surface area contributed by atoms with Crippen LogP contribution in [0.4, 0.5) is 0 Å². The Morgan fingerprint density at radius 2 is 2.46 bits per heavy atom. The molecule has 1 saturated heterocycles. The van der Waals surface area contributed by atoms with Crippen LogP contribution < -0.4 is 5.73 Å². The number of rotatable bonds is 5. The van der Waals surface area contributed by atoms with Crippen LogP contribution in [0.25, 0.3) is 0 Å². The van der Waals surface area contributed by atoms with E-state index < -0.39 is 0 Å². The molecule has 1 fully saturated rings. The molecule has 2 N–H and O–H groups in total. The molecule has 0 aromatic heterocycles. The summed E-state index contributed by atoms with van der Waals surface area (Å²) >= 11 is 0. The quantitative estimate of drug-likeness (QED) is 0.642. The molecule has 0 bridgehead atoms. The van der Waals surface area contributed by atoms with Gasteiger partial charge in [0.2, 0.25) is 0 Å². The summed E-state index contributed by atoms with van der Waals surface area (Å²) in [6, 6.07) is 0.494. The van der Waals surface area contributed by atoms with Gasteiger partial charge >= 0.3 is 0 Å². The zero-order valence-electron chi connectivity index (χ0n) is 8.37. The van der Waals surface area contributed by atoms with Crippen molar-refractivity contribution in [2.75, 3.05) is 46.6 Å². The molecule has 0 aromatic carbocycles. The Bertz CT molecular complexity index is 131. The van der Waals surface area contributed by atoms with Crippen molar-refractivity contribution >= 4 is 0 Å². The van der Waals surface area contributed by atoms with E-state index in [2.05, 4.69) is 4.90 Å². The first kappa shape index (κ1) is 10.9. The van der Waals surface area contributed by atoms with Crippen molar-refractivity contribution in [3.63, 3.8) is 0 Å². The largest absolute Gasteiger partial charge is 0.383 e. The average Bonchev–Trinajstić information content (AvgIpc) is 2.17. The van der Waals surface area contributed by atoms with Gasteiger partial charge in [0.05, 0.1) is 19.8 Å². The fraction of sp³-hybridized carbons (Fsp3) is 1.00. The second-order valence-corrected chi connectivity index (χ2v) is 3.33. The number of nitrogens with zero attached hydrogens (tertiary/aromatic N) is 1. The topological polar surface area (TPSA) is 47.7 Å². The molecule has 1 aliphatic rings. The van der Waals surface area contributed by atoms with E-state index in [0.717, 1.165) is 45.9 Å². The van der Waals surface area contributed by atoms with Crippen LogP contribution in [-0.2, 0) is 9.47 Å². The standard InChI is InChI=1S/C9H20N2O2/c1-12-6-4-11-5-7-13-8-9(11)2-3-10/h9H,2-8,10H2,1H3. The minimum absolute atomic E-state index is 0.494. The highest BCUT2D eigenvalue weighted by molar-refractivity contribution is 4.75. The molecule has 1 heterocycles. The van der Waals surface area contributed by atoms with E-state index in [4.69, 9.17) is 15.2 Å². The van der Waals surface area contributed by atoms with E-state index in [1.54, 1.807) is 7.11 Å². The van der Waals surface area contributed by atoms with Gasteiger partial charge in [-0.25, -0.2) is 0 Å². The Labute approximate surface area is 80.0 Å². The molecule has 0 radical (unpaired) electrons. The summed E-state index contributed by atoms with van der Waals surface area (Å²) in [5.74, 6) is 0. The predicted molar refractivity (Wildman–Crippen MR) is 51.7 cm³/mol. The first-order valence-electron chi connectivity index (χ1n) is 4.89. The molecule has 13 heavy (non-hydrogen) atoms. The molecule has 1 aliphatic heterocycles. The molecule has 0 aliphatic carbocycles. The van der Waals surface area contributed by atoms with Gasteiger partial charge in [0.25, 0.3) is 0 Å². The molecule has 1 atom stereocenters. The van der Waals surface area contributed by atoms with Gasteiger partial charge in [-0.1, -0.05) is 0 Å². The Morgan fingerprint density at radius 3 is 3.15 bits per heavy atom. The highest BCUT2D eigenvalue weighted by Crippen LogP contribution is 2.08. The average molecular weight is 188 g/mol. The number of hydrogen-bond donors (Lipinski definition) is 1. The summed E-state index contributed by atoms with van der Waals surface area (Å²) in [4.78, 5) is 2.40. The van der Waals surface area contributed by atoms with Gasteiger partial charge in [-0.3, -0.25) is 4.90 Å². The van der Waals surface area contributed by atoms with Gasteiger partial charge in [0.1, 0.15) is 0 Å². The van der Waals surface area contributed by atoms with Crippen LogP contribution in [0.1, 0.15) is 6.42 Å². The van der Waals surface area contributed by atoms with Gasteiger partial charge < -0.3 is 15.2 Å². The smallest absolute Gasteiger partial charge is 0.0623 e. The maximum atomic E-state index is 5.54. The third kappa shape index (κ3) is 3.60. The molecule has 0 amide bonds. The van der Waals surface area contributed by atoms with Crippen LogP contribution >= 0.6 is 0 Å². The summed E-state index contributed by atoms with van der Waals surface area (Å²) in [5, 5.41) is 0. The number of morpholine rings is 1. The lowest BCUT2D eigenvalue weighted by molar-refractivity contribution is -0.0184. The van der Waals surface area contributed by atoms with Crippen LogP contribution in [0.2, 0.25) is 0 Å². The van der Waals surface area contributed by atoms with Crippen LogP contribution in [-0.4, -0.2) is 57.5 Å². The minimum Gasteiger partial charge on any atom is -0.383 e. The second kappa shape index (κ2) is 6.32. The monoisotopic (exact) mass is 188 g/mol. The summed E-state index contributed by atoms with van der Waals surface area (Å²) in [6.07, 6.45) is 1.02. The molecule has 1 unspecified atom stereocenters. The van der Waals surface area contributed by atoms with Crippen molar-refractivity contribution in [2.24, 2.45) is 5.73 Å². The molecular weight excluding hydrogens is 168 g/mol. The molecule has 4 nitrogen and oxygen atoms in total. The van der Waals surface area contributed by atoms with E-state index in [-0.39, 0.29) is 0 Å². The van der Waals surface area contributed by atoms with E-state index in [1.807, 2.05) is 0 Å². The predicted octanol–water partition coefficient (Wildman–Crippen LogP) is -0.318. The minimum atomic E-state index is 0.494. The van der Waals surface area contributed by atoms with Crippen LogP contribution in [0, 0.1) is 0 Å². The van der Waals surface area contributed by atoms with Crippen molar-refractivity contribution in [2.45, 2.75) is 12.5 Å². The molecule has 78 valence electrons. The van der Waals surface area contributed by atoms with Crippen LogP contribution in [0.5, 0.6) is 0 Å². The van der Waals surface area contributed by atoms with Crippen molar-refractivity contribution in [1.29, 1.82) is 0 Å². The highest BCUT2D eigenvalue weighted by atomic mass is 16.5. The fourth-order valence-electron chi connectivity index (χ4n) is 1.65. The Hall–Kier alpha value is -0.160. The van der Waals surface area contributed by atoms with E-state index in [9.17, 15) is 0 Å². The van der Waals surface area contributed by atoms with Crippen molar-refractivity contribution in [1.82, 2.24) is 4.90 Å². The maximum absolute atomic E-state index is 5.54. The summed E-state index contributed by atoms with van der Waals surface area (Å²) in [7, 11) is 1.73. The number of hydrogen-bond acceptors (Lipinski definition) is 4. The lowest BCUT2D eigenvalue weighted by atomic mass is 10.1. The van der Waals surface area contributed by atoms with Gasteiger partial charge in [0, 0.05) is 26.2 Å². The Morgan fingerprint density at radius 1 is 1.62 bits per heavy atom. The van der Waals surface area contributed by atoms with Crippen LogP contribution in [0.3, 0.4) is 0 Å². The SMILES string of the molecule is COCCN1CCOCC1CCN. The molecule has 0 saturated carbocycles. The lowest BCUT2D eigenvalue weighted by Gasteiger charge is -2.35. The zero-order valence-corrected chi connectivity index (χ0v) is 8.37. The molecule has 4 heteroatoms. The second-order valence-electron chi connectivity index (χ2n) is 3.33. The third-order valence-corrected chi connectivity index (χ3v) is 2.43. The number of methoxy groups -OCH3 is 1. The van der Waals surface area contributed by atoms with Crippen molar-refractivity contribution < 1.29 is 9.47 Å². The van der Waals surface area contributed by atoms with Gasteiger partial charge in [-0.05, 0) is 13.0 Å². The molecular formula is C9H20N2O2. The number of nitrogens with two attached hydrogens (primary N) is 1.